The number of hydrogen-bond donors (Lipinski definition) is 0. The maximum Gasteiger partial charge on any atom is 0.351 e. The van der Waals surface area contributed by atoms with Gasteiger partial charge in [0.15, 0.2) is 0 Å². The fourth-order valence-corrected chi connectivity index (χ4v) is 7.36. The molecule has 2 aliphatic carbocycles. The molecule has 2 aliphatic rings. The Morgan fingerprint density at radius 1 is 1.12 bits per heavy atom. The van der Waals surface area contributed by atoms with E-state index in [4.69, 9.17) is 8.85 Å². The summed E-state index contributed by atoms with van der Waals surface area (Å²) in [4.78, 5) is 0. The molecule has 0 radical (unpaired) electrons. The zero-order valence-electron chi connectivity index (χ0n) is 11.2. The van der Waals surface area contributed by atoms with Crippen molar-refractivity contribution in [3.05, 3.63) is 23.8 Å². The minimum atomic E-state index is -2.11. The number of rotatable bonds is 4. The summed E-state index contributed by atoms with van der Waals surface area (Å²) < 4.78 is 12.0. The van der Waals surface area contributed by atoms with Crippen LogP contribution >= 0.6 is 0 Å². The largest absolute Gasteiger partial charge is 0.397 e. The van der Waals surface area contributed by atoms with Crippen LogP contribution in [0.15, 0.2) is 23.8 Å². The van der Waals surface area contributed by atoms with E-state index in [0.29, 0.717) is 11.1 Å². The van der Waals surface area contributed by atoms with E-state index in [1.807, 2.05) is 14.2 Å². The van der Waals surface area contributed by atoms with Crippen LogP contribution in [0.2, 0.25) is 11.1 Å². The lowest BCUT2D eigenvalue weighted by Gasteiger charge is -2.40. The van der Waals surface area contributed by atoms with Gasteiger partial charge in [0.25, 0.3) is 0 Å². The van der Waals surface area contributed by atoms with Crippen LogP contribution < -0.4 is 0 Å². The molecular formula is C14H24O2Si. The second kappa shape index (κ2) is 5.51. The molecule has 1 saturated carbocycles. The van der Waals surface area contributed by atoms with Gasteiger partial charge in [0, 0.05) is 25.3 Å². The van der Waals surface area contributed by atoms with Crippen molar-refractivity contribution in [1.82, 2.24) is 0 Å². The predicted molar refractivity (Wildman–Crippen MR) is 73.3 cm³/mol. The lowest BCUT2D eigenvalue weighted by atomic mass is 10.0. The van der Waals surface area contributed by atoms with Gasteiger partial charge in [0.05, 0.1) is 0 Å². The van der Waals surface area contributed by atoms with E-state index in [2.05, 4.69) is 25.2 Å². The molecular weight excluding hydrogens is 228 g/mol. The normalized spacial score (nSPS) is 26.3. The van der Waals surface area contributed by atoms with Crippen molar-refractivity contribution < 1.29 is 8.85 Å². The van der Waals surface area contributed by atoms with Crippen molar-refractivity contribution >= 4 is 8.56 Å². The Morgan fingerprint density at radius 2 is 1.76 bits per heavy atom. The molecule has 0 amide bonds. The smallest absolute Gasteiger partial charge is 0.351 e. The van der Waals surface area contributed by atoms with Crippen LogP contribution in [0.25, 0.3) is 0 Å². The van der Waals surface area contributed by atoms with E-state index in [0.717, 1.165) is 0 Å². The van der Waals surface area contributed by atoms with Crippen LogP contribution in [0.1, 0.15) is 39.0 Å². The Kier molecular flexibility index (Phi) is 4.23. The third kappa shape index (κ3) is 2.42. The molecule has 96 valence electrons. The molecule has 1 unspecified atom stereocenters. The molecule has 0 bridgehead atoms. The van der Waals surface area contributed by atoms with Gasteiger partial charge in [0.2, 0.25) is 0 Å². The molecule has 0 aromatic carbocycles. The lowest BCUT2D eigenvalue weighted by molar-refractivity contribution is 0.214. The van der Waals surface area contributed by atoms with E-state index >= 15 is 0 Å². The average molecular weight is 252 g/mol. The van der Waals surface area contributed by atoms with Crippen LogP contribution in [0.4, 0.5) is 0 Å². The van der Waals surface area contributed by atoms with Gasteiger partial charge in [-0.05, 0) is 19.8 Å². The molecule has 0 spiro atoms. The van der Waals surface area contributed by atoms with Gasteiger partial charge in [0.1, 0.15) is 0 Å². The fourth-order valence-electron chi connectivity index (χ4n) is 3.37. The Bertz CT molecular complexity index is 312. The van der Waals surface area contributed by atoms with Crippen LogP contribution in [-0.2, 0) is 8.85 Å². The second-order valence-corrected chi connectivity index (χ2v) is 9.00. The molecule has 0 heterocycles. The van der Waals surface area contributed by atoms with Gasteiger partial charge < -0.3 is 8.85 Å². The van der Waals surface area contributed by atoms with Gasteiger partial charge in [-0.15, -0.1) is 0 Å². The summed E-state index contributed by atoms with van der Waals surface area (Å²) in [6.07, 6.45) is 13.4. The first-order valence-corrected chi connectivity index (χ1v) is 8.67. The standard InChI is InChI=1S/C14H24O2Si/c1-12-9-10-14(11-12)17(15-2,16-3)13-7-5-4-6-8-13/h9-11,13-14H,4-8H2,1-3H3. The van der Waals surface area contributed by atoms with E-state index in [1.54, 1.807) is 0 Å². The van der Waals surface area contributed by atoms with Crippen LogP contribution in [-0.4, -0.2) is 22.8 Å². The predicted octanol–water partition coefficient (Wildman–Crippen LogP) is 3.94. The Balaban J connectivity index is 2.21. The molecule has 0 N–H and O–H groups in total. The van der Waals surface area contributed by atoms with Gasteiger partial charge >= 0.3 is 8.56 Å². The highest BCUT2D eigenvalue weighted by Gasteiger charge is 2.50. The molecule has 17 heavy (non-hydrogen) atoms. The fraction of sp³-hybridized carbons (Fsp3) is 0.714. The SMILES string of the molecule is CO[Si](OC)(C1C=CC(C)=C1)C1CCCCC1. The Morgan fingerprint density at radius 3 is 2.24 bits per heavy atom. The molecule has 0 aliphatic heterocycles. The summed E-state index contributed by atoms with van der Waals surface area (Å²) in [5, 5.41) is 0. The van der Waals surface area contributed by atoms with Gasteiger partial charge in [-0.25, -0.2) is 0 Å². The highest BCUT2D eigenvalue weighted by Crippen LogP contribution is 2.46. The van der Waals surface area contributed by atoms with Crippen molar-refractivity contribution in [3.63, 3.8) is 0 Å². The van der Waals surface area contributed by atoms with Crippen molar-refractivity contribution in [2.45, 2.75) is 50.1 Å². The van der Waals surface area contributed by atoms with Crippen molar-refractivity contribution in [2.24, 2.45) is 0 Å². The molecule has 0 saturated heterocycles. The van der Waals surface area contributed by atoms with Gasteiger partial charge in [-0.3, -0.25) is 0 Å². The van der Waals surface area contributed by atoms with Crippen molar-refractivity contribution in [3.8, 4) is 0 Å². The molecule has 1 fully saturated rings. The first-order chi connectivity index (χ1) is 8.23. The lowest BCUT2D eigenvalue weighted by Crippen LogP contribution is -2.49. The molecule has 3 heteroatoms. The third-order valence-electron chi connectivity index (χ3n) is 4.29. The highest BCUT2D eigenvalue weighted by atomic mass is 28.4. The van der Waals surface area contributed by atoms with Gasteiger partial charge in [-0.2, -0.15) is 0 Å². The summed E-state index contributed by atoms with van der Waals surface area (Å²) in [6.45, 7) is 2.15. The van der Waals surface area contributed by atoms with E-state index in [9.17, 15) is 0 Å². The third-order valence-corrected chi connectivity index (χ3v) is 8.57. The van der Waals surface area contributed by atoms with E-state index in [1.165, 1.54) is 37.7 Å². The minimum Gasteiger partial charge on any atom is -0.397 e. The molecule has 2 nitrogen and oxygen atoms in total. The molecule has 2 rings (SSSR count). The topological polar surface area (TPSA) is 18.5 Å². The number of allylic oxidation sites excluding steroid dienone is 4. The summed E-state index contributed by atoms with van der Waals surface area (Å²) in [5.74, 6) is 0. The zero-order valence-corrected chi connectivity index (χ0v) is 12.2. The van der Waals surface area contributed by atoms with Crippen molar-refractivity contribution in [2.75, 3.05) is 14.2 Å². The summed E-state index contributed by atoms with van der Waals surface area (Å²) in [7, 11) is 1.58. The molecule has 0 aromatic rings. The summed E-state index contributed by atoms with van der Waals surface area (Å²) in [6, 6.07) is 0. The monoisotopic (exact) mass is 252 g/mol. The van der Waals surface area contributed by atoms with Crippen molar-refractivity contribution in [1.29, 1.82) is 0 Å². The first kappa shape index (κ1) is 13.1. The van der Waals surface area contributed by atoms with E-state index in [-0.39, 0.29) is 0 Å². The van der Waals surface area contributed by atoms with Gasteiger partial charge in [-0.1, -0.05) is 43.1 Å². The molecule has 0 aromatic heterocycles. The quantitative estimate of drug-likeness (QED) is 0.706. The highest BCUT2D eigenvalue weighted by molar-refractivity contribution is 6.71. The van der Waals surface area contributed by atoms with Crippen LogP contribution in [0.3, 0.4) is 0 Å². The molecule has 1 atom stereocenters. The zero-order chi connectivity index (χ0) is 12.3. The minimum absolute atomic E-state index is 0.403. The maximum atomic E-state index is 5.98. The first-order valence-electron chi connectivity index (χ1n) is 6.70. The van der Waals surface area contributed by atoms with E-state index < -0.39 is 8.56 Å². The summed E-state index contributed by atoms with van der Waals surface area (Å²) in [5.41, 5.74) is 2.40. The van der Waals surface area contributed by atoms with Crippen LogP contribution in [0, 0.1) is 0 Å². The number of hydrogen-bond acceptors (Lipinski definition) is 2. The average Bonchev–Trinajstić information content (AvgIpc) is 2.80. The summed E-state index contributed by atoms with van der Waals surface area (Å²) >= 11 is 0. The van der Waals surface area contributed by atoms with Crippen LogP contribution in [0.5, 0.6) is 0 Å². The second-order valence-electron chi connectivity index (χ2n) is 5.26. The maximum absolute atomic E-state index is 5.98. The Labute approximate surface area is 106 Å². The Hall–Kier alpha value is -0.383.